The Hall–Kier alpha value is -2.09. The lowest BCUT2D eigenvalue weighted by Crippen LogP contribution is -2.51. The van der Waals surface area contributed by atoms with Crippen molar-refractivity contribution >= 4 is 21.8 Å². The number of hydrogen-bond acceptors (Lipinski definition) is 4. The van der Waals surface area contributed by atoms with Gasteiger partial charge in [-0.3, -0.25) is 4.79 Å². The molecule has 1 unspecified atom stereocenters. The molecule has 0 bridgehead atoms. The number of rotatable bonds is 3. The van der Waals surface area contributed by atoms with Crippen molar-refractivity contribution in [3.05, 3.63) is 35.4 Å². The third-order valence-corrected chi connectivity index (χ3v) is 6.98. The Bertz CT molecular complexity index is 799. The SMILES string of the molecule is C[C@@H](NC(=O)N1CCCCC(S(C)(=O)=O)C1)C(=O)N1Cc2ccccc2C1. The minimum Gasteiger partial charge on any atom is -0.332 e. The number of carbonyl (C=O) groups excluding carboxylic acids is 2. The second kappa shape index (κ2) is 7.88. The molecular weight excluding hydrogens is 366 g/mol. The van der Waals surface area contributed by atoms with Gasteiger partial charge >= 0.3 is 6.03 Å². The minimum atomic E-state index is -3.20. The maximum Gasteiger partial charge on any atom is 0.318 e. The van der Waals surface area contributed by atoms with Crippen molar-refractivity contribution < 1.29 is 18.0 Å². The van der Waals surface area contributed by atoms with Crippen LogP contribution >= 0.6 is 0 Å². The molecule has 1 aromatic carbocycles. The van der Waals surface area contributed by atoms with Crippen molar-refractivity contribution in [1.82, 2.24) is 15.1 Å². The maximum absolute atomic E-state index is 12.7. The van der Waals surface area contributed by atoms with Gasteiger partial charge in [0.25, 0.3) is 0 Å². The number of hydrogen-bond donors (Lipinski definition) is 1. The lowest BCUT2D eigenvalue weighted by atomic mass is 10.1. The van der Waals surface area contributed by atoms with Crippen molar-refractivity contribution in [2.24, 2.45) is 0 Å². The van der Waals surface area contributed by atoms with E-state index in [4.69, 9.17) is 0 Å². The van der Waals surface area contributed by atoms with E-state index in [1.807, 2.05) is 24.3 Å². The van der Waals surface area contributed by atoms with E-state index in [2.05, 4.69) is 5.32 Å². The minimum absolute atomic E-state index is 0.131. The van der Waals surface area contributed by atoms with Gasteiger partial charge in [0.2, 0.25) is 5.91 Å². The van der Waals surface area contributed by atoms with Gasteiger partial charge in [0.15, 0.2) is 9.84 Å². The van der Waals surface area contributed by atoms with Crippen LogP contribution in [0.3, 0.4) is 0 Å². The Kier molecular flexibility index (Phi) is 5.74. The van der Waals surface area contributed by atoms with E-state index >= 15 is 0 Å². The fourth-order valence-corrected chi connectivity index (χ4v) is 4.78. The molecule has 2 aliphatic rings. The highest BCUT2D eigenvalue weighted by atomic mass is 32.2. The van der Waals surface area contributed by atoms with Gasteiger partial charge in [-0.2, -0.15) is 0 Å². The average Bonchev–Trinajstić information content (AvgIpc) is 2.87. The molecule has 2 aliphatic heterocycles. The maximum atomic E-state index is 12.7. The molecule has 7 nitrogen and oxygen atoms in total. The molecule has 0 radical (unpaired) electrons. The van der Waals surface area contributed by atoms with E-state index in [9.17, 15) is 18.0 Å². The Balaban J connectivity index is 1.59. The Morgan fingerprint density at radius 2 is 1.74 bits per heavy atom. The van der Waals surface area contributed by atoms with E-state index < -0.39 is 21.1 Å². The van der Waals surface area contributed by atoms with Crippen LogP contribution in [0.1, 0.15) is 37.3 Å². The van der Waals surface area contributed by atoms with Crippen molar-refractivity contribution in [2.45, 2.75) is 50.6 Å². The van der Waals surface area contributed by atoms with E-state index in [0.29, 0.717) is 26.1 Å². The molecule has 148 valence electrons. The third-order valence-electron chi connectivity index (χ3n) is 5.38. The average molecular weight is 394 g/mol. The van der Waals surface area contributed by atoms with Crippen LogP contribution in [-0.4, -0.2) is 60.8 Å². The normalized spacial score (nSPS) is 21.3. The second-order valence-corrected chi connectivity index (χ2v) is 9.85. The zero-order valence-electron chi connectivity index (χ0n) is 15.8. The lowest BCUT2D eigenvalue weighted by molar-refractivity contribution is -0.133. The Morgan fingerprint density at radius 3 is 2.33 bits per heavy atom. The summed E-state index contributed by atoms with van der Waals surface area (Å²) in [5, 5.41) is 2.22. The number of sulfone groups is 1. The second-order valence-electron chi connectivity index (χ2n) is 7.53. The molecule has 8 heteroatoms. The number of amides is 3. The zero-order valence-corrected chi connectivity index (χ0v) is 16.7. The molecule has 0 aromatic heterocycles. The highest BCUT2D eigenvalue weighted by Crippen LogP contribution is 2.23. The molecule has 1 N–H and O–H groups in total. The lowest BCUT2D eigenvalue weighted by Gasteiger charge is -2.27. The smallest absolute Gasteiger partial charge is 0.318 e. The summed E-state index contributed by atoms with van der Waals surface area (Å²) in [6.45, 7) is 3.47. The van der Waals surface area contributed by atoms with Crippen LogP contribution < -0.4 is 5.32 Å². The molecule has 0 saturated carbocycles. The predicted molar refractivity (Wildman–Crippen MR) is 103 cm³/mol. The van der Waals surface area contributed by atoms with Crippen molar-refractivity contribution in [3.63, 3.8) is 0 Å². The van der Waals surface area contributed by atoms with Gasteiger partial charge in [0.05, 0.1) is 5.25 Å². The first kappa shape index (κ1) is 19.7. The first-order chi connectivity index (χ1) is 12.8. The molecule has 2 heterocycles. The molecule has 3 rings (SSSR count). The first-order valence-corrected chi connectivity index (χ1v) is 11.3. The van der Waals surface area contributed by atoms with Gasteiger partial charge in [-0.1, -0.05) is 30.7 Å². The van der Waals surface area contributed by atoms with Gasteiger partial charge in [0, 0.05) is 32.4 Å². The Morgan fingerprint density at radius 1 is 1.11 bits per heavy atom. The van der Waals surface area contributed by atoms with E-state index in [1.165, 1.54) is 11.2 Å². The van der Waals surface area contributed by atoms with Crippen molar-refractivity contribution in [2.75, 3.05) is 19.3 Å². The highest BCUT2D eigenvalue weighted by molar-refractivity contribution is 7.91. The van der Waals surface area contributed by atoms with E-state index in [-0.39, 0.29) is 18.5 Å². The van der Waals surface area contributed by atoms with Crippen LogP contribution in [0.5, 0.6) is 0 Å². The number of likely N-dealkylation sites (tertiary alicyclic amines) is 1. The fourth-order valence-electron chi connectivity index (χ4n) is 3.74. The van der Waals surface area contributed by atoms with Gasteiger partial charge in [-0.05, 0) is 30.9 Å². The summed E-state index contributed by atoms with van der Waals surface area (Å²) < 4.78 is 23.8. The fraction of sp³-hybridized carbons (Fsp3) is 0.579. The summed E-state index contributed by atoms with van der Waals surface area (Å²) in [7, 11) is -3.20. The molecule has 1 fully saturated rings. The number of fused-ring (bicyclic) bond motifs is 1. The number of carbonyl (C=O) groups is 2. The topological polar surface area (TPSA) is 86.8 Å². The summed E-state index contributed by atoms with van der Waals surface area (Å²) in [6.07, 6.45) is 3.34. The molecule has 2 atom stereocenters. The quantitative estimate of drug-likeness (QED) is 0.844. The van der Waals surface area contributed by atoms with Crippen molar-refractivity contribution in [3.8, 4) is 0 Å². The standard InChI is InChI=1S/C19H27N3O4S/c1-14(18(23)22-11-15-7-3-4-8-16(15)12-22)20-19(24)21-10-6-5-9-17(13-21)27(2,25)26/h3-4,7-8,14,17H,5-6,9-13H2,1-2H3,(H,20,24)/t14-,17?/m1/s1. The van der Waals surface area contributed by atoms with Crippen molar-refractivity contribution in [1.29, 1.82) is 0 Å². The molecular formula is C19H27N3O4S. The van der Waals surface area contributed by atoms with Gasteiger partial charge < -0.3 is 15.1 Å². The monoisotopic (exact) mass is 393 g/mol. The summed E-state index contributed by atoms with van der Waals surface area (Å²) in [4.78, 5) is 28.6. The number of benzene rings is 1. The number of nitrogens with one attached hydrogen (secondary N) is 1. The summed E-state index contributed by atoms with van der Waals surface area (Å²) in [5.41, 5.74) is 2.26. The van der Waals surface area contributed by atoms with Crippen LogP contribution in [0, 0.1) is 0 Å². The molecule has 1 saturated heterocycles. The highest BCUT2D eigenvalue weighted by Gasteiger charge is 2.31. The number of nitrogens with zero attached hydrogens (tertiary/aromatic N) is 2. The van der Waals surface area contributed by atoms with Gasteiger partial charge in [-0.15, -0.1) is 0 Å². The molecule has 3 amide bonds. The van der Waals surface area contributed by atoms with E-state index in [1.54, 1.807) is 11.8 Å². The summed E-state index contributed by atoms with van der Waals surface area (Å²) >= 11 is 0. The van der Waals surface area contributed by atoms with Crippen LogP contribution in [0.4, 0.5) is 4.79 Å². The third kappa shape index (κ3) is 4.61. The van der Waals surface area contributed by atoms with E-state index in [0.717, 1.165) is 24.0 Å². The largest absolute Gasteiger partial charge is 0.332 e. The number of urea groups is 1. The van der Waals surface area contributed by atoms with Gasteiger partial charge in [0.1, 0.15) is 6.04 Å². The van der Waals surface area contributed by atoms with Crippen LogP contribution in [0.25, 0.3) is 0 Å². The molecule has 0 aliphatic carbocycles. The zero-order chi connectivity index (χ0) is 19.6. The summed E-state index contributed by atoms with van der Waals surface area (Å²) in [5.74, 6) is -0.131. The molecule has 27 heavy (non-hydrogen) atoms. The molecule has 1 aromatic rings. The van der Waals surface area contributed by atoms with Crippen LogP contribution in [-0.2, 0) is 27.7 Å². The molecule has 0 spiro atoms. The Labute approximate surface area is 160 Å². The summed E-state index contributed by atoms with van der Waals surface area (Å²) in [6, 6.07) is 6.89. The van der Waals surface area contributed by atoms with Crippen LogP contribution in [0.2, 0.25) is 0 Å². The first-order valence-electron chi connectivity index (χ1n) is 9.35. The van der Waals surface area contributed by atoms with Gasteiger partial charge in [-0.25, -0.2) is 13.2 Å². The van der Waals surface area contributed by atoms with Crippen LogP contribution in [0.15, 0.2) is 24.3 Å². The predicted octanol–water partition coefficient (Wildman–Crippen LogP) is 1.53.